The molecule has 444 valence electrons. The minimum atomic E-state index is -4.69. The third kappa shape index (κ3) is 57.0. The number of nitrogens with one attached hydrogen (secondary N) is 1. The fourth-order valence-electron chi connectivity index (χ4n) is 9.81. The van der Waals surface area contributed by atoms with Crippen LogP contribution >= 0.6 is 7.82 Å². The van der Waals surface area contributed by atoms with E-state index in [1.165, 1.54) is 238 Å². The van der Waals surface area contributed by atoms with Crippen LogP contribution in [0.1, 0.15) is 329 Å². The van der Waals surface area contributed by atoms with E-state index in [0.717, 1.165) is 57.8 Å². The number of phosphoric acid groups is 1. The Morgan fingerprint density at radius 3 is 1.13 bits per heavy atom. The van der Waals surface area contributed by atoms with Crippen LogP contribution < -0.4 is 10.2 Å². The molecule has 1 amide bonds. The van der Waals surface area contributed by atoms with Gasteiger partial charge >= 0.3 is 5.97 Å². The molecule has 0 aliphatic carbocycles. The topological polar surface area (TPSA) is 114 Å². The van der Waals surface area contributed by atoms with Crippen molar-refractivity contribution in [2.24, 2.45) is 0 Å². The first-order chi connectivity index (χ1) is 36.4. The number of hydrogen-bond acceptors (Lipinski definition) is 7. The standard InChI is InChI=1S/C65H127N2O7P/c1-7-10-13-16-19-22-25-27-29-30-31-32-33-34-35-36-38-40-43-46-49-52-55-58-65(69)74-63(56-53-50-47-44-41-24-21-18-15-12-9-3)62(61-73-75(70,71)72-60-59-67(4,5)6)66-64(68)57-54-51-48-45-42-39-37-28-26-23-20-17-14-11-8-2/h27,29,53,56,62-63H,7-26,28,30-52,54-55,57-61H2,1-6H3,(H-,66,68,70,71)/b29-27+,56-53+. The smallest absolute Gasteiger partial charge is 0.306 e. The predicted molar refractivity (Wildman–Crippen MR) is 321 cm³/mol. The number of carbonyl (C=O) groups excluding carboxylic acids is 2. The number of ether oxygens (including phenoxy) is 1. The van der Waals surface area contributed by atoms with Crippen molar-refractivity contribution in [1.82, 2.24) is 5.32 Å². The van der Waals surface area contributed by atoms with E-state index in [1.54, 1.807) is 0 Å². The van der Waals surface area contributed by atoms with Crippen molar-refractivity contribution in [2.75, 3.05) is 40.9 Å². The molecule has 0 spiro atoms. The lowest BCUT2D eigenvalue weighted by molar-refractivity contribution is -0.870. The van der Waals surface area contributed by atoms with Gasteiger partial charge in [0.25, 0.3) is 7.82 Å². The van der Waals surface area contributed by atoms with Crippen LogP contribution in [0.2, 0.25) is 0 Å². The molecule has 3 atom stereocenters. The number of quaternary nitrogens is 1. The number of likely N-dealkylation sites (N-methyl/N-ethyl adjacent to an activating group) is 1. The number of phosphoric ester groups is 1. The SMILES string of the molecule is CCCCCCCC/C=C/CCCCCCCCCCCCCCCC(=O)OC(/C=C/CCCCCCCCCCC)C(COP(=O)([O-])OCC[N+](C)(C)C)NC(=O)CCCCCCCCCCCCCCCCC. The van der Waals surface area contributed by atoms with Crippen LogP contribution in [0, 0.1) is 0 Å². The van der Waals surface area contributed by atoms with Crippen molar-refractivity contribution in [3.05, 3.63) is 24.3 Å². The summed E-state index contributed by atoms with van der Waals surface area (Å²) in [5, 5.41) is 3.04. The summed E-state index contributed by atoms with van der Waals surface area (Å²) in [6.07, 6.45) is 65.8. The lowest BCUT2D eigenvalue weighted by atomic mass is 10.0. The molecule has 0 bridgehead atoms. The van der Waals surface area contributed by atoms with E-state index >= 15 is 0 Å². The van der Waals surface area contributed by atoms with Crippen LogP contribution in [0.3, 0.4) is 0 Å². The van der Waals surface area contributed by atoms with Gasteiger partial charge < -0.3 is 28.5 Å². The molecule has 0 heterocycles. The van der Waals surface area contributed by atoms with Crippen molar-refractivity contribution in [3.63, 3.8) is 0 Å². The molecular formula is C65H127N2O7P. The molecule has 9 nitrogen and oxygen atoms in total. The van der Waals surface area contributed by atoms with Gasteiger partial charge in [0.05, 0.1) is 33.8 Å². The zero-order valence-electron chi connectivity index (χ0n) is 50.8. The fraction of sp³-hybridized carbons (Fsp3) is 0.908. The molecule has 0 aromatic rings. The minimum Gasteiger partial charge on any atom is -0.756 e. The van der Waals surface area contributed by atoms with Crippen LogP contribution in [0.25, 0.3) is 0 Å². The number of nitrogens with zero attached hydrogens (tertiary/aromatic N) is 1. The third-order valence-electron chi connectivity index (χ3n) is 14.9. The number of esters is 1. The van der Waals surface area contributed by atoms with Crippen molar-refractivity contribution >= 4 is 19.7 Å². The normalized spacial score (nSPS) is 13.7. The van der Waals surface area contributed by atoms with E-state index in [-0.39, 0.29) is 31.5 Å². The van der Waals surface area contributed by atoms with Gasteiger partial charge in [0.15, 0.2) is 0 Å². The Kier molecular flexibility index (Phi) is 54.7. The molecular weight excluding hydrogens is 952 g/mol. The Morgan fingerprint density at radius 1 is 0.453 bits per heavy atom. The summed E-state index contributed by atoms with van der Waals surface area (Å²) in [4.78, 5) is 40.0. The number of unbranched alkanes of at least 4 members (excludes halogenated alkanes) is 42. The van der Waals surface area contributed by atoms with Crippen LogP contribution in [0.15, 0.2) is 24.3 Å². The fourth-order valence-corrected chi connectivity index (χ4v) is 10.5. The second-order valence-electron chi connectivity index (χ2n) is 23.6. The summed E-state index contributed by atoms with van der Waals surface area (Å²) >= 11 is 0. The van der Waals surface area contributed by atoms with E-state index in [1.807, 2.05) is 33.3 Å². The lowest BCUT2D eigenvalue weighted by Crippen LogP contribution is -2.47. The van der Waals surface area contributed by atoms with Crippen molar-refractivity contribution in [3.8, 4) is 0 Å². The highest BCUT2D eigenvalue weighted by molar-refractivity contribution is 7.45. The van der Waals surface area contributed by atoms with Crippen LogP contribution in [-0.2, 0) is 27.9 Å². The number of allylic oxidation sites excluding steroid dienone is 3. The summed E-state index contributed by atoms with van der Waals surface area (Å²) in [5.74, 6) is -0.523. The maximum atomic E-state index is 13.5. The van der Waals surface area contributed by atoms with Crippen LogP contribution in [0.5, 0.6) is 0 Å². The minimum absolute atomic E-state index is 0.0183. The summed E-state index contributed by atoms with van der Waals surface area (Å²) in [6.45, 7) is 6.88. The van der Waals surface area contributed by atoms with Crippen molar-refractivity contribution in [2.45, 2.75) is 341 Å². The summed E-state index contributed by atoms with van der Waals surface area (Å²) in [5.41, 5.74) is 0. The maximum Gasteiger partial charge on any atom is 0.306 e. The van der Waals surface area contributed by atoms with Gasteiger partial charge in [0, 0.05) is 12.8 Å². The molecule has 75 heavy (non-hydrogen) atoms. The monoisotopic (exact) mass is 1080 g/mol. The summed E-state index contributed by atoms with van der Waals surface area (Å²) in [7, 11) is 1.20. The average Bonchev–Trinajstić information content (AvgIpc) is 3.37. The zero-order valence-corrected chi connectivity index (χ0v) is 51.7. The summed E-state index contributed by atoms with van der Waals surface area (Å²) < 4.78 is 30.3. The van der Waals surface area contributed by atoms with Crippen molar-refractivity contribution < 1.29 is 37.3 Å². The van der Waals surface area contributed by atoms with E-state index < -0.39 is 20.0 Å². The molecule has 3 unspecified atom stereocenters. The van der Waals surface area contributed by atoms with Gasteiger partial charge in [-0.3, -0.25) is 14.2 Å². The van der Waals surface area contributed by atoms with E-state index in [4.69, 9.17) is 13.8 Å². The second kappa shape index (κ2) is 55.8. The number of carbonyl (C=O) groups is 2. The average molecular weight is 1080 g/mol. The second-order valence-corrected chi connectivity index (χ2v) is 25.0. The molecule has 0 aromatic carbocycles. The molecule has 0 fully saturated rings. The zero-order chi connectivity index (χ0) is 55.0. The Morgan fingerprint density at radius 2 is 0.773 bits per heavy atom. The molecule has 0 aliphatic heterocycles. The molecule has 1 N–H and O–H groups in total. The highest BCUT2D eigenvalue weighted by Gasteiger charge is 2.27. The van der Waals surface area contributed by atoms with Gasteiger partial charge in [-0.2, -0.15) is 0 Å². The van der Waals surface area contributed by atoms with Gasteiger partial charge in [-0.05, 0) is 57.4 Å². The van der Waals surface area contributed by atoms with Crippen LogP contribution in [-0.4, -0.2) is 69.4 Å². The highest BCUT2D eigenvalue weighted by Crippen LogP contribution is 2.38. The first kappa shape index (κ1) is 73.5. The van der Waals surface area contributed by atoms with E-state index in [9.17, 15) is 19.0 Å². The maximum absolute atomic E-state index is 13.5. The molecule has 0 aromatic heterocycles. The molecule has 0 radical (unpaired) electrons. The molecule has 0 aliphatic rings. The lowest BCUT2D eigenvalue weighted by Gasteiger charge is -2.30. The van der Waals surface area contributed by atoms with E-state index in [0.29, 0.717) is 17.4 Å². The molecule has 0 saturated carbocycles. The summed E-state index contributed by atoms with van der Waals surface area (Å²) in [6, 6.07) is -0.881. The molecule has 10 heteroatoms. The number of hydrogen-bond donors (Lipinski definition) is 1. The van der Waals surface area contributed by atoms with Gasteiger partial charge in [-0.1, -0.05) is 283 Å². The Bertz CT molecular complexity index is 1340. The Balaban J connectivity index is 5.07. The Labute approximate surface area is 466 Å². The van der Waals surface area contributed by atoms with Gasteiger partial charge in [0.1, 0.15) is 19.3 Å². The molecule has 0 rings (SSSR count). The quantitative estimate of drug-likeness (QED) is 0.0212. The van der Waals surface area contributed by atoms with Gasteiger partial charge in [-0.25, -0.2) is 0 Å². The Hall–Kier alpha value is -1.51. The third-order valence-corrected chi connectivity index (χ3v) is 15.8. The highest BCUT2D eigenvalue weighted by atomic mass is 31.2. The van der Waals surface area contributed by atoms with Crippen molar-refractivity contribution in [1.29, 1.82) is 0 Å². The van der Waals surface area contributed by atoms with Gasteiger partial charge in [0.2, 0.25) is 5.91 Å². The van der Waals surface area contributed by atoms with Gasteiger partial charge in [-0.15, -0.1) is 0 Å². The number of rotatable bonds is 60. The first-order valence-electron chi connectivity index (χ1n) is 32.6. The molecule has 0 saturated heterocycles. The van der Waals surface area contributed by atoms with Crippen LogP contribution in [0.4, 0.5) is 0 Å². The largest absolute Gasteiger partial charge is 0.756 e. The van der Waals surface area contributed by atoms with E-state index in [2.05, 4.69) is 38.2 Å². The number of amides is 1. The first-order valence-corrected chi connectivity index (χ1v) is 34.1. The predicted octanol–water partition coefficient (Wildman–Crippen LogP) is 19.5.